The lowest BCUT2D eigenvalue weighted by atomic mass is 10.0. The van der Waals surface area contributed by atoms with Crippen LogP contribution in [0.2, 0.25) is 0 Å². The Balaban J connectivity index is 1.00. The summed E-state index contributed by atoms with van der Waals surface area (Å²) in [5.74, 6) is 0. The molecular formula is C44H32N6. The number of allylic oxidation sites excluding steroid dienone is 4. The van der Waals surface area contributed by atoms with Crippen LogP contribution in [-0.4, -0.2) is 36.8 Å². The van der Waals surface area contributed by atoms with Crippen LogP contribution in [0, 0.1) is 0 Å². The van der Waals surface area contributed by atoms with Gasteiger partial charge in [0.25, 0.3) is 0 Å². The first-order valence-corrected chi connectivity index (χ1v) is 17.2. The van der Waals surface area contributed by atoms with Gasteiger partial charge in [0.15, 0.2) is 0 Å². The zero-order valence-corrected chi connectivity index (χ0v) is 27.4. The molecule has 1 aliphatic heterocycles. The van der Waals surface area contributed by atoms with Gasteiger partial charge in [-0.2, -0.15) is 0 Å². The third kappa shape index (κ3) is 4.64. The van der Waals surface area contributed by atoms with Crippen molar-refractivity contribution in [1.29, 1.82) is 0 Å². The first-order valence-electron chi connectivity index (χ1n) is 17.2. The van der Waals surface area contributed by atoms with E-state index in [4.69, 9.17) is 15.0 Å². The molecule has 1 aliphatic carbocycles. The fourth-order valence-corrected chi connectivity index (χ4v) is 7.74. The van der Waals surface area contributed by atoms with Crippen molar-refractivity contribution in [1.82, 2.24) is 24.1 Å². The topological polar surface area (TPSA) is 60.9 Å². The van der Waals surface area contributed by atoms with Crippen LogP contribution in [0.5, 0.6) is 0 Å². The standard InChI is InChI=1S/C44H32N6/c1-3-20-40-33(14-1)34-23-25-45-28-43(34)50(40)32-13-6-11-30(27-32)37-17-8-19-39(48-37)38-18-7-16-36(47-38)29-10-5-12-31(26-29)49-41-21-4-2-15-35(41)44-42(49)22-9-24-46-44/h1-4,6-11,13-22,24,26-28H,5,12,23,25H2. The highest BCUT2D eigenvalue weighted by atomic mass is 15.0. The Labute approximate surface area is 289 Å². The highest BCUT2D eigenvalue weighted by Gasteiger charge is 2.20. The summed E-state index contributed by atoms with van der Waals surface area (Å²) in [7, 11) is 0. The molecule has 6 heterocycles. The van der Waals surface area contributed by atoms with E-state index in [1.807, 2.05) is 24.5 Å². The summed E-state index contributed by atoms with van der Waals surface area (Å²) in [6.07, 6.45) is 11.3. The Bertz CT molecular complexity index is 2670. The van der Waals surface area contributed by atoms with Crippen molar-refractivity contribution < 1.29 is 0 Å². The predicted octanol–water partition coefficient (Wildman–Crippen LogP) is 9.95. The van der Waals surface area contributed by atoms with Gasteiger partial charge in [-0.05, 0) is 97.1 Å². The molecule has 6 nitrogen and oxygen atoms in total. The molecule has 8 aromatic rings. The van der Waals surface area contributed by atoms with Gasteiger partial charge in [0.05, 0.1) is 50.5 Å². The maximum absolute atomic E-state index is 5.17. The number of fused-ring (bicyclic) bond motifs is 6. The van der Waals surface area contributed by atoms with Crippen molar-refractivity contribution in [2.75, 3.05) is 6.54 Å². The highest BCUT2D eigenvalue weighted by Crippen LogP contribution is 2.36. The van der Waals surface area contributed by atoms with Gasteiger partial charge in [-0.3, -0.25) is 9.98 Å². The van der Waals surface area contributed by atoms with Crippen molar-refractivity contribution in [3.05, 3.63) is 157 Å². The second-order valence-corrected chi connectivity index (χ2v) is 12.9. The van der Waals surface area contributed by atoms with Gasteiger partial charge in [-0.25, -0.2) is 9.97 Å². The van der Waals surface area contributed by atoms with Gasteiger partial charge in [-0.15, -0.1) is 0 Å². The van der Waals surface area contributed by atoms with Gasteiger partial charge in [0.2, 0.25) is 0 Å². The van der Waals surface area contributed by atoms with Gasteiger partial charge in [0.1, 0.15) is 0 Å². The van der Waals surface area contributed by atoms with E-state index in [1.165, 1.54) is 38.8 Å². The fraction of sp³-hybridized carbons (Fsp3) is 0.0909. The molecule has 238 valence electrons. The van der Waals surface area contributed by atoms with Crippen LogP contribution >= 0.6 is 0 Å². The molecule has 0 spiro atoms. The second-order valence-electron chi connectivity index (χ2n) is 12.9. The first-order chi connectivity index (χ1) is 24.8. The lowest BCUT2D eigenvalue weighted by Crippen LogP contribution is -2.06. The van der Waals surface area contributed by atoms with Gasteiger partial charge >= 0.3 is 0 Å². The maximum Gasteiger partial charge on any atom is 0.0963 e. The van der Waals surface area contributed by atoms with Crippen molar-refractivity contribution in [3.63, 3.8) is 0 Å². The summed E-state index contributed by atoms with van der Waals surface area (Å²) in [6.45, 7) is 0.834. The Morgan fingerprint density at radius 1 is 0.580 bits per heavy atom. The van der Waals surface area contributed by atoms with E-state index >= 15 is 0 Å². The van der Waals surface area contributed by atoms with E-state index < -0.39 is 0 Å². The molecule has 0 amide bonds. The molecule has 0 bridgehead atoms. The molecule has 10 rings (SSSR count). The summed E-state index contributed by atoms with van der Waals surface area (Å²) in [5, 5.41) is 2.47. The van der Waals surface area contributed by atoms with Crippen LogP contribution in [-0.2, 0) is 6.42 Å². The molecule has 5 aromatic heterocycles. The molecule has 2 aliphatic rings. The average molecular weight is 645 g/mol. The summed E-state index contributed by atoms with van der Waals surface area (Å²) in [6, 6.07) is 42.5. The second kappa shape index (κ2) is 11.6. The van der Waals surface area contributed by atoms with Crippen molar-refractivity contribution >= 4 is 50.3 Å². The number of benzene rings is 3. The number of nitrogens with zero attached hydrogens (tertiary/aromatic N) is 6. The van der Waals surface area contributed by atoms with E-state index in [0.717, 1.165) is 76.4 Å². The lowest BCUT2D eigenvalue weighted by Gasteiger charge is -2.17. The number of hydrogen-bond donors (Lipinski definition) is 0. The van der Waals surface area contributed by atoms with Gasteiger partial charge in [0, 0.05) is 46.7 Å². The molecule has 0 atom stereocenters. The highest BCUT2D eigenvalue weighted by molar-refractivity contribution is 6.08. The molecule has 0 N–H and O–H groups in total. The van der Waals surface area contributed by atoms with Crippen LogP contribution in [0.4, 0.5) is 0 Å². The van der Waals surface area contributed by atoms with E-state index in [9.17, 15) is 0 Å². The normalized spacial score (nSPS) is 14.2. The zero-order chi connectivity index (χ0) is 33.0. The van der Waals surface area contributed by atoms with Crippen LogP contribution in [0.25, 0.3) is 72.4 Å². The Morgan fingerprint density at radius 2 is 1.30 bits per heavy atom. The summed E-state index contributed by atoms with van der Waals surface area (Å²) in [4.78, 5) is 19.7. The van der Waals surface area contributed by atoms with Crippen LogP contribution in [0.3, 0.4) is 0 Å². The molecule has 6 heteroatoms. The third-order valence-corrected chi connectivity index (χ3v) is 9.98. The third-order valence-electron chi connectivity index (χ3n) is 9.98. The van der Waals surface area contributed by atoms with E-state index in [1.54, 1.807) is 0 Å². The maximum atomic E-state index is 5.17. The fourth-order valence-electron chi connectivity index (χ4n) is 7.74. The number of rotatable bonds is 5. The summed E-state index contributed by atoms with van der Waals surface area (Å²) < 4.78 is 4.70. The molecule has 0 saturated carbocycles. The largest absolute Gasteiger partial charge is 0.311 e. The van der Waals surface area contributed by atoms with Crippen LogP contribution in [0.15, 0.2) is 145 Å². The first kappa shape index (κ1) is 28.6. The smallest absolute Gasteiger partial charge is 0.0963 e. The number of hydrogen-bond acceptors (Lipinski definition) is 4. The van der Waals surface area contributed by atoms with E-state index in [2.05, 4.69) is 135 Å². The lowest BCUT2D eigenvalue weighted by molar-refractivity contribution is 0.940. The monoisotopic (exact) mass is 644 g/mol. The predicted molar refractivity (Wildman–Crippen MR) is 205 cm³/mol. The Hall–Kier alpha value is -6.40. The van der Waals surface area contributed by atoms with Crippen LogP contribution in [0.1, 0.15) is 29.8 Å². The Kier molecular flexibility index (Phi) is 6.65. The molecule has 50 heavy (non-hydrogen) atoms. The van der Waals surface area contributed by atoms with E-state index in [0.29, 0.717) is 0 Å². The van der Waals surface area contributed by atoms with Crippen molar-refractivity contribution in [2.45, 2.75) is 19.3 Å². The molecule has 0 saturated heterocycles. The molecule has 0 radical (unpaired) electrons. The minimum Gasteiger partial charge on any atom is -0.311 e. The van der Waals surface area contributed by atoms with Gasteiger partial charge in [-0.1, -0.05) is 66.7 Å². The summed E-state index contributed by atoms with van der Waals surface area (Å²) >= 11 is 0. The van der Waals surface area contributed by atoms with Crippen molar-refractivity contribution in [2.24, 2.45) is 4.99 Å². The minimum absolute atomic E-state index is 0.834. The Morgan fingerprint density at radius 3 is 2.18 bits per heavy atom. The molecule has 0 unspecified atom stereocenters. The average Bonchev–Trinajstić information content (AvgIpc) is 3.71. The molecule has 0 fully saturated rings. The van der Waals surface area contributed by atoms with Crippen LogP contribution < -0.4 is 0 Å². The number of pyridine rings is 3. The number of para-hydroxylation sites is 2. The minimum atomic E-state index is 0.834. The van der Waals surface area contributed by atoms with Gasteiger partial charge < -0.3 is 9.13 Å². The number of aromatic nitrogens is 5. The number of aliphatic imine (C=N–C) groups is 1. The summed E-state index contributed by atoms with van der Waals surface area (Å²) in [5.41, 5.74) is 15.2. The quantitative estimate of drug-likeness (QED) is 0.187. The van der Waals surface area contributed by atoms with E-state index in [-0.39, 0.29) is 0 Å². The van der Waals surface area contributed by atoms with Crippen molar-refractivity contribution in [3.8, 4) is 28.3 Å². The molecular weight excluding hydrogens is 613 g/mol. The zero-order valence-electron chi connectivity index (χ0n) is 27.4. The molecule has 3 aromatic carbocycles. The SMILES string of the molecule is C1=NCCc2c1n(-c1cccc(-c3cccc(-c4cccc(C5=CCCC(n6c7ccccc7c7ncccc76)=C5)n4)n3)c1)c1ccccc21.